The van der Waals surface area contributed by atoms with E-state index in [9.17, 15) is 4.79 Å². The minimum Gasteiger partial charge on any atom is -0.488 e. The molecule has 2 aromatic heterocycles. The predicted octanol–water partition coefficient (Wildman–Crippen LogP) is 5.07. The van der Waals surface area contributed by atoms with Gasteiger partial charge in [0.25, 0.3) is 0 Å². The molecule has 0 atom stereocenters. The van der Waals surface area contributed by atoms with Gasteiger partial charge in [-0.15, -0.1) is 0 Å². The zero-order valence-corrected chi connectivity index (χ0v) is 20.1. The van der Waals surface area contributed by atoms with Crippen molar-refractivity contribution in [2.24, 2.45) is 0 Å². The number of anilines is 5. The number of hydrogen-bond donors (Lipinski definition) is 4. The molecule has 5 rings (SSSR count). The minimum atomic E-state index is -0.354. The molecule has 1 aliphatic heterocycles. The van der Waals surface area contributed by atoms with E-state index in [4.69, 9.17) is 15.2 Å². The fourth-order valence-corrected chi connectivity index (χ4v) is 3.86. The molecule has 4 aromatic rings. The van der Waals surface area contributed by atoms with E-state index in [-0.39, 0.29) is 12.1 Å². The lowest BCUT2D eigenvalue weighted by molar-refractivity contribution is 0.0259. The van der Waals surface area contributed by atoms with Gasteiger partial charge in [-0.3, -0.25) is 4.98 Å². The number of benzene rings is 2. The lowest BCUT2D eigenvalue weighted by atomic mass is 10.1. The summed E-state index contributed by atoms with van der Waals surface area (Å²) in [6.07, 6.45) is 6.74. The van der Waals surface area contributed by atoms with E-state index in [2.05, 4.69) is 30.9 Å². The number of amides is 2. The highest BCUT2D eigenvalue weighted by molar-refractivity contribution is 5.99. The quantitative estimate of drug-likeness (QED) is 0.260. The maximum atomic E-state index is 12.2. The second kappa shape index (κ2) is 11.4. The number of nitrogens with one attached hydrogen (secondary N) is 3. The largest absolute Gasteiger partial charge is 0.488 e. The zero-order chi connectivity index (χ0) is 25.5. The second-order valence-electron chi connectivity index (χ2n) is 8.47. The third kappa shape index (κ3) is 6.50. The third-order valence-corrected chi connectivity index (χ3v) is 5.74. The van der Waals surface area contributed by atoms with Gasteiger partial charge in [0, 0.05) is 42.2 Å². The van der Waals surface area contributed by atoms with Gasteiger partial charge < -0.3 is 31.2 Å². The Kier molecular flexibility index (Phi) is 7.37. The average Bonchev–Trinajstić information content (AvgIpc) is 2.92. The zero-order valence-electron chi connectivity index (χ0n) is 20.1. The number of urea groups is 1. The molecule has 1 saturated heterocycles. The van der Waals surface area contributed by atoms with Gasteiger partial charge in [-0.1, -0.05) is 0 Å². The number of nitrogen functional groups attached to an aromatic ring is 1. The van der Waals surface area contributed by atoms with E-state index in [1.807, 2.05) is 36.4 Å². The number of carbonyl (C=O) groups excluding carboxylic acids is 1. The summed E-state index contributed by atoms with van der Waals surface area (Å²) >= 11 is 0. The number of carbonyl (C=O) groups is 1. The lowest BCUT2D eigenvalue weighted by Crippen LogP contribution is -2.26. The molecule has 0 unspecified atom stereocenters. The Bertz CT molecular complexity index is 1340. The van der Waals surface area contributed by atoms with Gasteiger partial charge in [0.15, 0.2) is 0 Å². The van der Waals surface area contributed by atoms with Gasteiger partial charge in [0.2, 0.25) is 5.95 Å². The van der Waals surface area contributed by atoms with Gasteiger partial charge in [-0.05, 0) is 60.7 Å². The van der Waals surface area contributed by atoms with Crippen molar-refractivity contribution in [3.8, 4) is 17.0 Å². The summed E-state index contributed by atoms with van der Waals surface area (Å²) in [5.41, 5.74) is 10.5. The molecule has 1 fully saturated rings. The highest BCUT2D eigenvalue weighted by atomic mass is 16.5. The number of hydrogen-bond acceptors (Lipinski definition) is 8. The summed E-state index contributed by atoms with van der Waals surface area (Å²) < 4.78 is 11.4. The van der Waals surface area contributed by atoms with Crippen molar-refractivity contribution in [2.75, 3.05) is 34.9 Å². The molecule has 0 bridgehead atoms. The van der Waals surface area contributed by atoms with Crippen molar-refractivity contribution in [2.45, 2.75) is 18.9 Å². The first-order chi connectivity index (χ1) is 18.1. The van der Waals surface area contributed by atoms with Crippen molar-refractivity contribution in [1.82, 2.24) is 15.0 Å². The molecule has 10 nitrogen and oxygen atoms in total. The summed E-state index contributed by atoms with van der Waals surface area (Å²) in [6.45, 7) is 1.42. The molecule has 0 aliphatic carbocycles. The Labute approximate surface area is 214 Å². The highest BCUT2D eigenvalue weighted by Crippen LogP contribution is 2.30. The molecule has 0 radical (unpaired) electrons. The number of ether oxygens (including phenoxy) is 2. The van der Waals surface area contributed by atoms with E-state index >= 15 is 0 Å². The molecule has 2 amide bonds. The predicted molar refractivity (Wildman–Crippen MR) is 143 cm³/mol. The summed E-state index contributed by atoms with van der Waals surface area (Å²) in [5.74, 6) is 1.11. The van der Waals surface area contributed by atoms with Crippen LogP contribution in [0.5, 0.6) is 5.75 Å². The Morgan fingerprint density at radius 1 is 0.946 bits per heavy atom. The molecule has 2 aromatic carbocycles. The maximum Gasteiger partial charge on any atom is 0.323 e. The number of nitrogens with zero attached hydrogens (tertiary/aromatic N) is 3. The number of rotatable bonds is 7. The summed E-state index contributed by atoms with van der Waals surface area (Å²) in [6, 6.07) is 17.9. The smallest absolute Gasteiger partial charge is 0.323 e. The third-order valence-electron chi connectivity index (χ3n) is 5.74. The first-order valence-electron chi connectivity index (χ1n) is 11.9. The normalized spacial score (nSPS) is 13.5. The highest BCUT2D eigenvalue weighted by Gasteiger charge is 2.17. The maximum absolute atomic E-state index is 12.2. The standard InChI is InChI=1S/C27H27N7O3/c28-23-16-18(3-8-25(23)37-22-10-14-36-15-11-22)24-9-13-30-26(34-24)31-19-4-6-20(7-5-19)32-27(35)33-21-2-1-12-29-17-21/h1-9,12-13,16-17,22H,10-11,14-15,28H2,(H,30,31,34)(H2,32,33,35). The van der Waals surface area contributed by atoms with Gasteiger partial charge >= 0.3 is 6.03 Å². The summed E-state index contributed by atoms with van der Waals surface area (Å²) in [7, 11) is 0. The Morgan fingerprint density at radius 3 is 2.49 bits per heavy atom. The van der Waals surface area contributed by atoms with E-state index in [0.717, 1.165) is 29.8 Å². The fourth-order valence-electron chi connectivity index (χ4n) is 3.86. The van der Waals surface area contributed by atoms with Crippen molar-refractivity contribution < 1.29 is 14.3 Å². The van der Waals surface area contributed by atoms with Crippen LogP contribution >= 0.6 is 0 Å². The van der Waals surface area contributed by atoms with Gasteiger partial charge in [-0.25, -0.2) is 14.8 Å². The fraction of sp³-hybridized carbons (Fsp3) is 0.185. The first kappa shape index (κ1) is 24.0. The minimum absolute atomic E-state index is 0.119. The topological polar surface area (TPSA) is 136 Å². The van der Waals surface area contributed by atoms with Crippen molar-refractivity contribution in [3.63, 3.8) is 0 Å². The van der Waals surface area contributed by atoms with Crippen LogP contribution < -0.4 is 26.4 Å². The molecule has 1 aliphatic rings. The molecule has 5 N–H and O–H groups in total. The molecule has 0 spiro atoms. The molecule has 3 heterocycles. The molecule has 188 valence electrons. The van der Waals surface area contributed by atoms with Gasteiger partial charge in [0.1, 0.15) is 11.9 Å². The van der Waals surface area contributed by atoms with Crippen LogP contribution in [0.1, 0.15) is 12.8 Å². The van der Waals surface area contributed by atoms with E-state index < -0.39 is 0 Å². The van der Waals surface area contributed by atoms with E-state index in [1.165, 1.54) is 0 Å². The van der Waals surface area contributed by atoms with Crippen LogP contribution in [0.3, 0.4) is 0 Å². The lowest BCUT2D eigenvalue weighted by Gasteiger charge is -2.24. The number of pyridine rings is 1. The second-order valence-corrected chi connectivity index (χ2v) is 8.47. The van der Waals surface area contributed by atoms with Crippen LogP contribution in [0.15, 0.2) is 79.3 Å². The van der Waals surface area contributed by atoms with Crippen LogP contribution in [0.4, 0.5) is 33.5 Å². The van der Waals surface area contributed by atoms with Gasteiger partial charge in [0.05, 0.1) is 36.5 Å². The summed E-state index contributed by atoms with van der Waals surface area (Å²) in [5, 5.41) is 8.69. The summed E-state index contributed by atoms with van der Waals surface area (Å²) in [4.78, 5) is 25.1. The van der Waals surface area contributed by atoms with Crippen molar-refractivity contribution in [3.05, 3.63) is 79.3 Å². The Morgan fingerprint density at radius 2 is 1.73 bits per heavy atom. The molecule has 0 saturated carbocycles. The molecule has 10 heteroatoms. The molecular formula is C27H27N7O3. The van der Waals surface area contributed by atoms with Crippen LogP contribution in [0, 0.1) is 0 Å². The van der Waals surface area contributed by atoms with E-state index in [1.54, 1.807) is 42.9 Å². The average molecular weight is 498 g/mol. The van der Waals surface area contributed by atoms with Crippen molar-refractivity contribution >= 4 is 34.7 Å². The number of nitrogens with two attached hydrogens (primary N) is 1. The van der Waals surface area contributed by atoms with Crippen molar-refractivity contribution in [1.29, 1.82) is 0 Å². The molecular weight excluding hydrogens is 470 g/mol. The number of aromatic nitrogens is 3. The van der Waals surface area contributed by atoms with Gasteiger partial charge in [-0.2, -0.15) is 0 Å². The Hall–Kier alpha value is -4.70. The van der Waals surface area contributed by atoms with E-state index in [0.29, 0.717) is 42.0 Å². The monoisotopic (exact) mass is 497 g/mol. The van der Waals surface area contributed by atoms with Crippen LogP contribution in [0.2, 0.25) is 0 Å². The van der Waals surface area contributed by atoms with Crippen LogP contribution in [-0.2, 0) is 4.74 Å². The molecule has 37 heavy (non-hydrogen) atoms. The van der Waals surface area contributed by atoms with Crippen LogP contribution in [-0.4, -0.2) is 40.3 Å². The SMILES string of the molecule is Nc1cc(-c2ccnc(Nc3ccc(NC(=O)Nc4cccnc4)cc3)n2)ccc1OC1CCOCC1. The van der Waals surface area contributed by atoms with Crippen LogP contribution in [0.25, 0.3) is 11.3 Å². The Balaban J connectivity index is 1.20. The first-order valence-corrected chi connectivity index (χ1v) is 11.9.